The number of carbonyl (C=O) groups is 4. The van der Waals surface area contributed by atoms with Crippen molar-refractivity contribution in [1.82, 2.24) is 0 Å². The predicted octanol–water partition coefficient (Wildman–Crippen LogP) is 5.70. The van der Waals surface area contributed by atoms with Crippen LogP contribution in [0.15, 0.2) is 98.1 Å². The maximum Gasteiger partial charge on any atom is 0.338 e. The lowest BCUT2D eigenvalue weighted by Gasteiger charge is -2.11. The molecule has 0 heterocycles. The summed E-state index contributed by atoms with van der Waals surface area (Å²) < 4.78 is 35.2. The van der Waals surface area contributed by atoms with E-state index >= 15 is 0 Å². The first-order valence-electron chi connectivity index (χ1n) is 11.9. The minimum atomic E-state index is -0.752. The van der Waals surface area contributed by atoms with Gasteiger partial charge >= 0.3 is 23.9 Å². The zero-order chi connectivity index (χ0) is 29.2. The van der Waals surface area contributed by atoms with Gasteiger partial charge < -0.3 is 18.9 Å². The van der Waals surface area contributed by atoms with Crippen molar-refractivity contribution in [2.75, 3.05) is 0 Å². The van der Waals surface area contributed by atoms with Crippen molar-refractivity contribution >= 4 is 23.9 Å². The third-order valence-electron chi connectivity index (χ3n) is 5.28. The number of ether oxygens (including phenoxy) is 4. The molecule has 0 spiro atoms. The molecule has 0 N–H and O–H groups in total. The van der Waals surface area contributed by atoms with Crippen LogP contribution in [0.4, 0.5) is 4.39 Å². The predicted molar refractivity (Wildman–Crippen MR) is 144 cm³/mol. The van der Waals surface area contributed by atoms with E-state index < -0.39 is 29.7 Å². The van der Waals surface area contributed by atoms with Crippen molar-refractivity contribution in [3.05, 3.63) is 110 Å². The summed E-state index contributed by atoms with van der Waals surface area (Å²) in [7, 11) is 0. The molecular weight excluding hydrogens is 519 g/mol. The molecule has 0 aromatic heterocycles. The lowest BCUT2D eigenvalue weighted by atomic mass is 10.0. The average Bonchev–Trinajstić information content (AvgIpc) is 2.93. The van der Waals surface area contributed by atoms with E-state index in [2.05, 4.69) is 19.7 Å². The van der Waals surface area contributed by atoms with Gasteiger partial charge in [0.2, 0.25) is 0 Å². The lowest BCUT2D eigenvalue weighted by Crippen LogP contribution is -2.10. The van der Waals surface area contributed by atoms with Crippen LogP contribution in [-0.2, 0) is 25.6 Å². The van der Waals surface area contributed by atoms with Crippen LogP contribution in [-0.4, -0.2) is 23.9 Å². The number of esters is 4. The first-order chi connectivity index (χ1) is 19.1. The van der Waals surface area contributed by atoms with Gasteiger partial charge in [0.15, 0.2) is 11.5 Å². The quantitative estimate of drug-likeness (QED) is 0.172. The Balaban J connectivity index is 1.62. The lowest BCUT2D eigenvalue weighted by molar-refractivity contribution is -0.134. The highest BCUT2D eigenvalue weighted by Gasteiger charge is 2.15. The third kappa shape index (κ3) is 8.09. The number of halogens is 1. The van der Waals surface area contributed by atoms with Gasteiger partial charge in [-0.2, -0.15) is 0 Å². The van der Waals surface area contributed by atoms with E-state index in [4.69, 9.17) is 18.9 Å². The van der Waals surface area contributed by atoms with Gasteiger partial charge in [0, 0.05) is 35.8 Å². The van der Waals surface area contributed by atoms with Crippen molar-refractivity contribution in [3.8, 4) is 34.1 Å². The van der Waals surface area contributed by atoms with Gasteiger partial charge in [-0.1, -0.05) is 37.9 Å². The number of hydrogen-bond donors (Lipinski definition) is 0. The smallest absolute Gasteiger partial charge is 0.338 e. The monoisotopic (exact) mass is 544 g/mol. The Labute approximate surface area is 229 Å². The van der Waals surface area contributed by atoms with Gasteiger partial charge in [0.1, 0.15) is 17.3 Å². The second-order valence-electron chi connectivity index (χ2n) is 8.34. The van der Waals surface area contributed by atoms with Crippen molar-refractivity contribution < 1.29 is 42.5 Å². The Bertz CT molecular complexity index is 1490. The highest BCUT2D eigenvalue weighted by atomic mass is 19.1. The second-order valence-corrected chi connectivity index (χ2v) is 8.34. The Morgan fingerprint density at radius 1 is 0.775 bits per heavy atom. The highest BCUT2D eigenvalue weighted by Crippen LogP contribution is 2.30. The number of aryl methyl sites for hydroxylation is 1. The normalized spacial score (nSPS) is 10.2. The van der Waals surface area contributed by atoms with Crippen molar-refractivity contribution in [2.45, 2.75) is 19.8 Å². The molecule has 0 aliphatic carbocycles. The molecule has 0 saturated heterocycles. The summed E-state index contributed by atoms with van der Waals surface area (Å²) in [6.45, 7) is 11.6. The van der Waals surface area contributed by atoms with Gasteiger partial charge in [-0.15, -0.1) is 0 Å². The zero-order valence-electron chi connectivity index (χ0n) is 21.6. The van der Waals surface area contributed by atoms with Gasteiger partial charge in [-0.05, 0) is 60.9 Å². The molecule has 3 rings (SSSR count). The Hall–Kier alpha value is -5.31. The van der Waals surface area contributed by atoms with Gasteiger partial charge in [-0.3, -0.25) is 4.79 Å². The minimum absolute atomic E-state index is 0.00506. The molecule has 3 aromatic rings. The molecule has 0 amide bonds. The zero-order valence-corrected chi connectivity index (χ0v) is 21.6. The van der Waals surface area contributed by atoms with Crippen LogP contribution in [0.1, 0.15) is 18.9 Å². The van der Waals surface area contributed by atoms with Crippen LogP contribution >= 0.6 is 0 Å². The van der Waals surface area contributed by atoms with E-state index in [1.807, 2.05) is 0 Å². The van der Waals surface area contributed by atoms with E-state index in [9.17, 15) is 23.6 Å². The number of rotatable bonds is 11. The molecule has 0 bridgehead atoms. The molecule has 0 fully saturated rings. The standard InChI is InChI=1S/C31H25FO8/c1-5-28(33)39-26-15-7-20(17-27(26)40-29(34)6-2)8-16-30(35)37-22-11-9-21(10-12-22)24-14-13-23(18-25(24)32)38-31(36)19(3)4/h5-7,9-15,17-18H,1-3,8,16H2,4H3. The summed E-state index contributed by atoms with van der Waals surface area (Å²) in [6, 6.07) is 14.8. The SMILES string of the molecule is C=CC(=O)Oc1ccc(CCC(=O)Oc2ccc(-c3ccc(OC(=O)C(=C)C)cc3F)cc2)cc1OC(=O)C=C. The van der Waals surface area contributed by atoms with Gasteiger partial charge in [0.25, 0.3) is 0 Å². The summed E-state index contributed by atoms with van der Waals surface area (Å²) >= 11 is 0. The summed E-state index contributed by atoms with van der Waals surface area (Å²) in [5.41, 5.74) is 1.60. The molecule has 0 saturated carbocycles. The summed E-state index contributed by atoms with van der Waals surface area (Å²) in [5.74, 6) is -2.97. The fourth-order valence-electron chi connectivity index (χ4n) is 3.29. The summed E-state index contributed by atoms with van der Waals surface area (Å²) in [5, 5.41) is 0. The summed E-state index contributed by atoms with van der Waals surface area (Å²) in [6.07, 6.45) is 2.14. The average molecular weight is 545 g/mol. The second kappa shape index (κ2) is 13.5. The van der Waals surface area contributed by atoms with Gasteiger partial charge in [0.05, 0.1) is 0 Å². The van der Waals surface area contributed by atoms with Gasteiger partial charge in [-0.25, -0.2) is 18.8 Å². The maximum absolute atomic E-state index is 14.6. The molecule has 0 atom stereocenters. The van der Waals surface area contributed by atoms with Crippen LogP contribution < -0.4 is 18.9 Å². The molecule has 0 unspecified atom stereocenters. The fourth-order valence-corrected chi connectivity index (χ4v) is 3.29. The van der Waals surface area contributed by atoms with Crippen molar-refractivity contribution in [2.24, 2.45) is 0 Å². The van der Waals surface area contributed by atoms with E-state index in [-0.39, 0.29) is 47.0 Å². The topological polar surface area (TPSA) is 105 Å². The van der Waals surface area contributed by atoms with E-state index in [0.717, 1.165) is 18.2 Å². The van der Waals surface area contributed by atoms with Crippen LogP contribution in [0.2, 0.25) is 0 Å². The van der Waals surface area contributed by atoms with Crippen molar-refractivity contribution in [1.29, 1.82) is 0 Å². The highest BCUT2D eigenvalue weighted by molar-refractivity contribution is 5.89. The number of hydrogen-bond acceptors (Lipinski definition) is 8. The van der Waals surface area contributed by atoms with Crippen LogP contribution in [0, 0.1) is 5.82 Å². The Kier molecular flexibility index (Phi) is 9.85. The van der Waals surface area contributed by atoms with Crippen LogP contribution in [0.25, 0.3) is 11.1 Å². The van der Waals surface area contributed by atoms with E-state index in [1.165, 1.54) is 43.3 Å². The van der Waals surface area contributed by atoms with Crippen LogP contribution in [0.5, 0.6) is 23.0 Å². The maximum atomic E-state index is 14.6. The third-order valence-corrected chi connectivity index (χ3v) is 5.28. The molecule has 0 radical (unpaired) electrons. The molecule has 0 aliphatic rings. The summed E-state index contributed by atoms with van der Waals surface area (Å²) in [4.78, 5) is 47.3. The van der Waals surface area contributed by atoms with E-state index in [1.54, 1.807) is 18.2 Å². The first-order valence-corrected chi connectivity index (χ1v) is 11.9. The molecular formula is C31H25FO8. The first kappa shape index (κ1) is 29.2. The minimum Gasteiger partial charge on any atom is -0.427 e. The molecule has 8 nitrogen and oxygen atoms in total. The van der Waals surface area contributed by atoms with Crippen LogP contribution in [0.3, 0.4) is 0 Å². The molecule has 3 aromatic carbocycles. The van der Waals surface area contributed by atoms with Crippen molar-refractivity contribution in [3.63, 3.8) is 0 Å². The Morgan fingerprint density at radius 2 is 1.40 bits per heavy atom. The fraction of sp³-hybridized carbons (Fsp3) is 0.0968. The Morgan fingerprint density at radius 3 is 2.00 bits per heavy atom. The largest absolute Gasteiger partial charge is 0.427 e. The number of benzene rings is 3. The van der Waals surface area contributed by atoms with E-state index in [0.29, 0.717) is 11.1 Å². The number of carbonyl (C=O) groups excluding carboxylic acids is 4. The molecule has 40 heavy (non-hydrogen) atoms. The molecule has 204 valence electrons. The molecule has 0 aliphatic heterocycles. The molecule has 9 heteroatoms.